The predicted octanol–water partition coefficient (Wildman–Crippen LogP) is 2.37. The molecule has 1 atom stereocenters. The number of nitrogens with zero attached hydrogens (tertiary/aromatic N) is 2. The summed E-state index contributed by atoms with van der Waals surface area (Å²) in [6, 6.07) is 3.81. The highest BCUT2D eigenvalue weighted by atomic mass is 32.2. The molecule has 0 saturated carbocycles. The number of hydrogen-bond acceptors (Lipinski definition) is 6. The minimum absolute atomic E-state index is 0.0100. The quantitative estimate of drug-likeness (QED) is 0.712. The first-order chi connectivity index (χ1) is 14.9. The number of benzene rings is 1. The maximum Gasteiger partial charge on any atom is 0.253 e. The van der Waals surface area contributed by atoms with Crippen molar-refractivity contribution in [1.29, 1.82) is 0 Å². The number of ether oxygens (including phenoxy) is 2. The van der Waals surface area contributed by atoms with Gasteiger partial charge in [-0.25, -0.2) is 0 Å². The number of carbonyl (C=O) groups is 1. The van der Waals surface area contributed by atoms with Crippen molar-refractivity contribution < 1.29 is 23.9 Å². The molecule has 3 heterocycles. The summed E-state index contributed by atoms with van der Waals surface area (Å²) in [5.74, 6) is -0.456. The molecule has 1 aromatic rings. The highest BCUT2D eigenvalue weighted by Gasteiger charge is 2.42. The van der Waals surface area contributed by atoms with Gasteiger partial charge in [0.1, 0.15) is 5.41 Å². The molecule has 4 rings (SSSR count). The van der Waals surface area contributed by atoms with Gasteiger partial charge in [-0.3, -0.25) is 4.79 Å². The Labute approximate surface area is 187 Å². The van der Waals surface area contributed by atoms with Crippen molar-refractivity contribution in [1.82, 2.24) is 9.21 Å². The molecule has 0 aromatic heterocycles. The summed E-state index contributed by atoms with van der Waals surface area (Å²) in [5, 5.41) is 11.4. The predicted molar refractivity (Wildman–Crippen MR) is 120 cm³/mol. The molecule has 0 unspecified atom stereocenters. The third-order valence-corrected chi connectivity index (χ3v) is 7.74. The zero-order valence-corrected chi connectivity index (χ0v) is 19.2. The van der Waals surface area contributed by atoms with Crippen LogP contribution in [0.2, 0.25) is 0 Å². The summed E-state index contributed by atoms with van der Waals surface area (Å²) in [6.45, 7) is 7.76. The second-order valence-electron chi connectivity index (χ2n) is 8.66. The normalized spacial score (nSPS) is 23.7. The number of aliphatic hydroxyl groups is 1. The van der Waals surface area contributed by atoms with Gasteiger partial charge in [0, 0.05) is 44.6 Å². The molecule has 8 heteroatoms. The molecule has 1 amide bonds. The number of hydrogen-bond donors (Lipinski definition) is 1. The molecule has 1 aromatic carbocycles. The van der Waals surface area contributed by atoms with E-state index in [1.807, 2.05) is 41.3 Å². The number of amides is 1. The first-order valence-electron chi connectivity index (χ1n) is 11.1. The van der Waals surface area contributed by atoms with Gasteiger partial charge in [0.2, 0.25) is 0 Å². The lowest BCUT2D eigenvalue weighted by molar-refractivity contribution is -0.179. The summed E-state index contributed by atoms with van der Waals surface area (Å²) in [5.41, 5.74) is 3.63. The first kappa shape index (κ1) is 22.8. The molecule has 3 aliphatic heterocycles. The van der Waals surface area contributed by atoms with Crippen LogP contribution in [0.15, 0.2) is 17.5 Å². The minimum Gasteiger partial charge on any atom is -0.593 e. The molecule has 0 aliphatic carbocycles. The van der Waals surface area contributed by atoms with Crippen LogP contribution in [0.3, 0.4) is 0 Å². The zero-order chi connectivity index (χ0) is 22.0. The summed E-state index contributed by atoms with van der Waals surface area (Å²) >= 11 is -1.22. The standard InChI is InChI=1S/C23H32N2O5S/c1-17-15-19(22(27)24-8-3-20(26)4-9-24)16-18(2)21(17)5-14-31(28)25-10-6-23(7-11-25)29-12-13-30-23/h5,14-16,20,26H,3-4,6-13H2,1-2H3/b14-5+/t31-/m0/s1. The summed E-state index contributed by atoms with van der Waals surface area (Å²) in [7, 11) is 0. The fourth-order valence-corrected chi connectivity index (χ4v) is 5.58. The summed E-state index contributed by atoms with van der Waals surface area (Å²) in [4.78, 5) is 14.7. The maximum absolute atomic E-state index is 12.9. The smallest absolute Gasteiger partial charge is 0.253 e. The lowest BCUT2D eigenvalue weighted by atomic mass is 9.98. The average molecular weight is 449 g/mol. The number of likely N-dealkylation sites (tertiary alicyclic amines) is 1. The Balaban J connectivity index is 1.39. The van der Waals surface area contributed by atoms with Crippen LogP contribution in [0.5, 0.6) is 0 Å². The van der Waals surface area contributed by atoms with Crippen LogP contribution in [-0.4, -0.2) is 76.1 Å². The highest BCUT2D eigenvalue weighted by molar-refractivity contribution is 7.92. The Kier molecular flexibility index (Phi) is 7.05. The van der Waals surface area contributed by atoms with Gasteiger partial charge in [-0.1, -0.05) is 0 Å². The highest BCUT2D eigenvalue weighted by Crippen LogP contribution is 2.32. The molecule has 3 aliphatic rings. The van der Waals surface area contributed by atoms with Gasteiger partial charge in [-0.05, 0) is 61.6 Å². The molecule has 0 bridgehead atoms. The number of aliphatic hydroxyl groups excluding tert-OH is 1. The van der Waals surface area contributed by atoms with Gasteiger partial charge >= 0.3 is 0 Å². The molecule has 0 radical (unpaired) electrons. The monoisotopic (exact) mass is 448 g/mol. The fourth-order valence-electron chi connectivity index (χ4n) is 4.62. The minimum atomic E-state index is -1.22. The van der Waals surface area contributed by atoms with E-state index in [1.165, 1.54) is 0 Å². The topological polar surface area (TPSA) is 85.3 Å². The van der Waals surface area contributed by atoms with Crippen molar-refractivity contribution in [3.05, 3.63) is 39.8 Å². The van der Waals surface area contributed by atoms with Crippen LogP contribution < -0.4 is 0 Å². The van der Waals surface area contributed by atoms with Crippen molar-refractivity contribution in [2.75, 3.05) is 39.4 Å². The SMILES string of the molecule is Cc1cc(C(=O)N2CCC(O)CC2)cc(C)c1/C=C/[S@+]([O-])N1CCC2(CC1)OCCO2. The third-order valence-electron chi connectivity index (χ3n) is 6.50. The van der Waals surface area contributed by atoms with E-state index in [2.05, 4.69) is 0 Å². The van der Waals surface area contributed by atoms with Crippen LogP contribution in [0.4, 0.5) is 0 Å². The number of carbonyl (C=O) groups excluding carboxylic acids is 1. The summed E-state index contributed by atoms with van der Waals surface area (Å²) < 4.78 is 26.2. The van der Waals surface area contributed by atoms with E-state index in [0.717, 1.165) is 29.5 Å². The lowest BCUT2D eigenvalue weighted by Gasteiger charge is -2.36. The van der Waals surface area contributed by atoms with E-state index in [1.54, 1.807) is 5.41 Å². The van der Waals surface area contributed by atoms with Crippen molar-refractivity contribution in [2.24, 2.45) is 0 Å². The van der Waals surface area contributed by atoms with Gasteiger partial charge < -0.3 is 24.0 Å². The van der Waals surface area contributed by atoms with Crippen LogP contribution in [0.25, 0.3) is 6.08 Å². The molecular formula is C23H32N2O5S. The Bertz CT molecular complexity index is 798. The van der Waals surface area contributed by atoms with Gasteiger partial charge in [-0.2, -0.15) is 0 Å². The van der Waals surface area contributed by atoms with Crippen LogP contribution in [0, 0.1) is 13.8 Å². The van der Waals surface area contributed by atoms with Gasteiger partial charge in [0.15, 0.2) is 5.79 Å². The lowest BCUT2D eigenvalue weighted by Crippen LogP contribution is -2.46. The van der Waals surface area contributed by atoms with Crippen molar-refractivity contribution in [3.8, 4) is 0 Å². The fraction of sp³-hybridized carbons (Fsp3) is 0.609. The molecule has 170 valence electrons. The van der Waals surface area contributed by atoms with Crippen molar-refractivity contribution in [2.45, 2.75) is 51.4 Å². The molecule has 7 nitrogen and oxygen atoms in total. The van der Waals surface area contributed by atoms with Crippen LogP contribution in [-0.2, 0) is 20.8 Å². The van der Waals surface area contributed by atoms with Gasteiger partial charge in [-0.15, -0.1) is 4.31 Å². The number of piperidine rings is 2. The largest absolute Gasteiger partial charge is 0.593 e. The van der Waals surface area contributed by atoms with Gasteiger partial charge in [0.25, 0.3) is 5.91 Å². The van der Waals surface area contributed by atoms with E-state index in [4.69, 9.17) is 9.47 Å². The average Bonchev–Trinajstić information content (AvgIpc) is 3.21. The van der Waals surface area contributed by atoms with Gasteiger partial charge in [0.05, 0.1) is 30.7 Å². The van der Waals surface area contributed by atoms with E-state index in [9.17, 15) is 14.5 Å². The zero-order valence-electron chi connectivity index (χ0n) is 18.3. The Hall–Kier alpha value is -1.42. The second kappa shape index (κ2) is 9.60. The van der Waals surface area contributed by atoms with E-state index in [0.29, 0.717) is 57.8 Å². The Morgan fingerprint density at radius 3 is 2.29 bits per heavy atom. The summed E-state index contributed by atoms with van der Waals surface area (Å²) in [6.07, 6.45) is 4.33. The maximum atomic E-state index is 12.9. The molecule has 1 spiro atoms. The van der Waals surface area contributed by atoms with E-state index >= 15 is 0 Å². The first-order valence-corrected chi connectivity index (χ1v) is 12.2. The number of aryl methyl sites for hydroxylation is 2. The van der Waals surface area contributed by atoms with Crippen molar-refractivity contribution >= 4 is 23.3 Å². The Morgan fingerprint density at radius 2 is 1.71 bits per heavy atom. The van der Waals surface area contributed by atoms with Crippen LogP contribution >= 0.6 is 0 Å². The number of rotatable bonds is 4. The van der Waals surface area contributed by atoms with E-state index in [-0.39, 0.29) is 12.0 Å². The van der Waals surface area contributed by atoms with Crippen molar-refractivity contribution in [3.63, 3.8) is 0 Å². The second-order valence-corrected chi connectivity index (χ2v) is 10.0. The molecular weight excluding hydrogens is 416 g/mol. The third kappa shape index (κ3) is 5.16. The van der Waals surface area contributed by atoms with Crippen LogP contribution in [0.1, 0.15) is 52.7 Å². The Morgan fingerprint density at radius 1 is 1.13 bits per heavy atom. The van der Waals surface area contributed by atoms with E-state index < -0.39 is 17.1 Å². The molecule has 3 saturated heterocycles. The molecule has 31 heavy (non-hydrogen) atoms. The molecule has 1 N–H and O–H groups in total. The molecule has 3 fully saturated rings.